The summed E-state index contributed by atoms with van der Waals surface area (Å²) in [6.07, 6.45) is 5.96. The summed E-state index contributed by atoms with van der Waals surface area (Å²) in [6.45, 7) is 12.8. The van der Waals surface area contributed by atoms with Gasteiger partial charge < -0.3 is 5.32 Å². The molecule has 0 rings (SSSR count). The first-order valence-electron chi connectivity index (χ1n) is 4.43. The van der Waals surface area contributed by atoms with E-state index in [4.69, 9.17) is 0 Å². The van der Waals surface area contributed by atoms with Gasteiger partial charge in [0.15, 0.2) is 0 Å². The van der Waals surface area contributed by atoms with E-state index < -0.39 is 0 Å². The van der Waals surface area contributed by atoms with Crippen molar-refractivity contribution in [2.24, 2.45) is 0 Å². The highest BCUT2D eigenvalue weighted by Crippen LogP contribution is 2.07. The molecule has 0 aromatic rings. The van der Waals surface area contributed by atoms with Gasteiger partial charge in [0, 0.05) is 18.7 Å². The first kappa shape index (κ1) is 11.0. The Morgan fingerprint density at radius 2 is 2.17 bits per heavy atom. The second-order valence-corrected chi connectivity index (χ2v) is 2.77. The fourth-order valence-corrected chi connectivity index (χ4v) is 0.903. The van der Waals surface area contributed by atoms with E-state index in [0.29, 0.717) is 0 Å². The van der Waals surface area contributed by atoms with E-state index in [1.54, 1.807) is 0 Å². The SMILES string of the molecule is C=C/C(=C\C)CC(=C)NCCC. The van der Waals surface area contributed by atoms with Gasteiger partial charge in [-0.15, -0.1) is 0 Å². The molecule has 68 valence electrons. The quantitative estimate of drug-likeness (QED) is 0.596. The number of nitrogens with one attached hydrogen (secondary N) is 1. The zero-order valence-corrected chi connectivity index (χ0v) is 8.19. The van der Waals surface area contributed by atoms with Crippen LogP contribution in [0.15, 0.2) is 36.6 Å². The fourth-order valence-electron chi connectivity index (χ4n) is 0.903. The molecule has 0 heterocycles. The van der Waals surface area contributed by atoms with E-state index in [2.05, 4.69) is 31.5 Å². The maximum absolute atomic E-state index is 3.93. The molecule has 1 heteroatoms. The van der Waals surface area contributed by atoms with Crippen LogP contribution in [0.3, 0.4) is 0 Å². The Bertz CT molecular complexity index is 177. The minimum atomic E-state index is 0.889. The summed E-state index contributed by atoms with van der Waals surface area (Å²) in [5, 5.41) is 3.25. The maximum atomic E-state index is 3.93. The van der Waals surface area contributed by atoms with Crippen LogP contribution in [-0.2, 0) is 0 Å². The lowest BCUT2D eigenvalue weighted by Gasteiger charge is -2.08. The summed E-state index contributed by atoms with van der Waals surface area (Å²) < 4.78 is 0. The molecule has 0 saturated heterocycles. The van der Waals surface area contributed by atoms with Crippen molar-refractivity contribution in [2.75, 3.05) is 6.54 Å². The molecule has 0 radical (unpaired) electrons. The number of hydrogen-bond donors (Lipinski definition) is 1. The van der Waals surface area contributed by atoms with Gasteiger partial charge in [-0.1, -0.05) is 32.2 Å². The van der Waals surface area contributed by atoms with Crippen molar-refractivity contribution in [3.63, 3.8) is 0 Å². The third-order valence-electron chi connectivity index (χ3n) is 1.68. The predicted octanol–water partition coefficient (Wildman–Crippen LogP) is 3.02. The Hall–Kier alpha value is -0.980. The van der Waals surface area contributed by atoms with Gasteiger partial charge in [0.05, 0.1) is 0 Å². The highest BCUT2D eigenvalue weighted by Gasteiger charge is 1.94. The molecule has 0 bridgehead atoms. The van der Waals surface area contributed by atoms with Gasteiger partial charge in [-0.25, -0.2) is 0 Å². The lowest BCUT2D eigenvalue weighted by atomic mass is 10.1. The Balaban J connectivity index is 3.75. The van der Waals surface area contributed by atoms with Crippen molar-refractivity contribution in [2.45, 2.75) is 26.7 Å². The van der Waals surface area contributed by atoms with Crippen LogP contribution in [0, 0.1) is 0 Å². The normalized spacial score (nSPS) is 11.0. The molecular formula is C11H19N. The van der Waals surface area contributed by atoms with Gasteiger partial charge in [0.2, 0.25) is 0 Å². The van der Waals surface area contributed by atoms with Gasteiger partial charge in [0.25, 0.3) is 0 Å². The lowest BCUT2D eigenvalue weighted by molar-refractivity contribution is 0.753. The maximum Gasteiger partial charge on any atom is 0.0141 e. The second-order valence-electron chi connectivity index (χ2n) is 2.77. The zero-order valence-electron chi connectivity index (χ0n) is 8.19. The van der Waals surface area contributed by atoms with Crippen LogP contribution in [-0.4, -0.2) is 6.54 Å². The van der Waals surface area contributed by atoms with Crippen LogP contribution >= 0.6 is 0 Å². The molecular weight excluding hydrogens is 146 g/mol. The largest absolute Gasteiger partial charge is 0.389 e. The molecule has 0 aromatic heterocycles. The van der Waals surface area contributed by atoms with Gasteiger partial charge in [-0.3, -0.25) is 0 Å². The Morgan fingerprint density at radius 1 is 1.50 bits per heavy atom. The minimum absolute atomic E-state index is 0.889. The molecule has 0 saturated carbocycles. The van der Waals surface area contributed by atoms with E-state index in [0.717, 1.165) is 25.1 Å². The van der Waals surface area contributed by atoms with Crippen molar-refractivity contribution in [1.29, 1.82) is 0 Å². The second kappa shape index (κ2) is 6.71. The number of allylic oxidation sites excluding steroid dienone is 3. The molecule has 1 nitrogen and oxygen atoms in total. The zero-order chi connectivity index (χ0) is 9.40. The molecule has 0 aliphatic heterocycles. The van der Waals surface area contributed by atoms with Crippen LogP contribution in [0.2, 0.25) is 0 Å². The first-order chi connectivity index (χ1) is 5.74. The van der Waals surface area contributed by atoms with Crippen LogP contribution in [0.5, 0.6) is 0 Å². The third-order valence-corrected chi connectivity index (χ3v) is 1.68. The summed E-state index contributed by atoms with van der Waals surface area (Å²) in [6, 6.07) is 0. The van der Waals surface area contributed by atoms with Crippen LogP contribution in [0.4, 0.5) is 0 Å². The summed E-state index contributed by atoms with van der Waals surface area (Å²) >= 11 is 0. The monoisotopic (exact) mass is 165 g/mol. The van der Waals surface area contributed by atoms with Gasteiger partial charge in [-0.05, 0) is 18.9 Å². The molecule has 0 atom stereocenters. The number of hydrogen-bond acceptors (Lipinski definition) is 1. The van der Waals surface area contributed by atoms with Crippen molar-refractivity contribution in [3.8, 4) is 0 Å². The van der Waals surface area contributed by atoms with Crippen molar-refractivity contribution in [3.05, 3.63) is 36.6 Å². The highest BCUT2D eigenvalue weighted by atomic mass is 14.9. The van der Waals surface area contributed by atoms with Crippen molar-refractivity contribution in [1.82, 2.24) is 5.32 Å². The Labute approximate surface area is 75.9 Å². The number of rotatable bonds is 6. The average Bonchev–Trinajstić information content (AvgIpc) is 2.10. The smallest absolute Gasteiger partial charge is 0.0141 e. The Kier molecular flexibility index (Phi) is 6.16. The van der Waals surface area contributed by atoms with Gasteiger partial charge in [-0.2, -0.15) is 0 Å². The van der Waals surface area contributed by atoms with Crippen LogP contribution in [0.1, 0.15) is 26.7 Å². The van der Waals surface area contributed by atoms with Crippen molar-refractivity contribution < 1.29 is 0 Å². The van der Waals surface area contributed by atoms with E-state index in [1.807, 2.05) is 13.0 Å². The predicted molar refractivity (Wildman–Crippen MR) is 56.0 cm³/mol. The topological polar surface area (TPSA) is 12.0 Å². The standard InChI is InChI=1S/C11H19N/c1-5-8-12-10(4)9-11(6-2)7-3/h6-7,12H,2,4-5,8-9H2,1,3H3/b11-7+. The molecule has 0 unspecified atom stereocenters. The van der Waals surface area contributed by atoms with Crippen LogP contribution < -0.4 is 5.32 Å². The summed E-state index contributed by atoms with van der Waals surface area (Å²) in [5.41, 5.74) is 2.30. The van der Waals surface area contributed by atoms with Crippen LogP contribution in [0.25, 0.3) is 0 Å². The molecule has 12 heavy (non-hydrogen) atoms. The average molecular weight is 165 g/mol. The molecule has 0 amide bonds. The molecule has 0 aliphatic rings. The summed E-state index contributed by atoms with van der Waals surface area (Å²) in [5.74, 6) is 0. The lowest BCUT2D eigenvalue weighted by Crippen LogP contribution is -2.13. The Morgan fingerprint density at radius 3 is 2.58 bits per heavy atom. The minimum Gasteiger partial charge on any atom is -0.389 e. The third kappa shape index (κ3) is 4.78. The molecule has 1 N–H and O–H groups in total. The van der Waals surface area contributed by atoms with Gasteiger partial charge in [0.1, 0.15) is 0 Å². The molecule has 0 spiro atoms. The summed E-state index contributed by atoms with van der Waals surface area (Å²) in [7, 11) is 0. The van der Waals surface area contributed by atoms with E-state index >= 15 is 0 Å². The molecule has 0 fully saturated rings. The van der Waals surface area contributed by atoms with E-state index in [9.17, 15) is 0 Å². The molecule has 0 aromatic carbocycles. The van der Waals surface area contributed by atoms with E-state index in [-0.39, 0.29) is 0 Å². The fraction of sp³-hybridized carbons (Fsp3) is 0.455. The van der Waals surface area contributed by atoms with Gasteiger partial charge >= 0.3 is 0 Å². The highest BCUT2D eigenvalue weighted by molar-refractivity contribution is 5.21. The first-order valence-corrected chi connectivity index (χ1v) is 4.43. The van der Waals surface area contributed by atoms with Crippen molar-refractivity contribution >= 4 is 0 Å². The van der Waals surface area contributed by atoms with E-state index in [1.165, 1.54) is 5.57 Å². The summed E-state index contributed by atoms with van der Waals surface area (Å²) in [4.78, 5) is 0. The molecule has 0 aliphatic carbocycles.